The highest BCUT2D eigenvalue weighted by Crippen LogP contribution is 2.21. The van der Waals surface area contributed by atoms with Gasteiger partial charge in [-0.1, -0.05) is 0 Å². The van der Waals surface area contributed by atoms with Crippen LogP contribution in [0, 0.1) is 13.8 Å². The van der Waals surface area contributed by atoms with E-state index in [1.165, 1.54) is 69.8 Å². The molecule has 14 heteroatoms. The molecule has 0 aliphatic rings. The van der Waals surface area contributed by atoms with E-state index in [9.17, 15) is 39.0 Å². The number of H-pyrrole nitrogens is 4. The molecule has 6 N–H and O–H groups in total. The number of carboxylic acid groups (broad SMARTS) is 2. The standard InChI is InChI=1S/C31H22N6O8/c1-14-20(28(40)36(24-22(14)26(38)34-32-24)18-10-6-16(7-11-18)30(42)43)4-3-5-21-15(2)23-25(33-35-27(23)39)37(29(21)41)19-12-8-17(9-13-19)31(44)45/h4-13H,1-2H3,(H,42,43)(H,44,45)(H2,32,34,38)(H2,33,35,39). The van der Waals surface area contributed by atoms with Crippen LogP contribution in [0.15, 0.2) is 73.4 Å². The maximum absolute atomic E-state index is 13.8. The molecule has 6 rings (SSSR count). The molecule has 224 valence electrons. The van der Waals surface area contributed by atoms with Gasteiger partial charge < -0.3 is 10.2 Å². The van der Waals surface area contributed by atoms with Gasteiger partial charge in [-0.15, -0.1) is 5.73 Å². The Balaban J connectivity index is 1.56. The fourth-order valence-electron chi connectivity index (χ4n) is 5.31. The second-order valence-corrected chi connectivity index (χ2v) is 10.1. The number of nitrogens with one attached hydrogen (secondary N) is 4. The van der Waals surface area contributed by atoms with Crippen molar-refractivity contribution < 1.29 is 19.8 Å². The largest absolute Gasteiger partial charge is 0.478 e. The Morgan fingerprint density at radius 2 is 0.978 bits per heavy atom. The van der Waals surface area contributed by atoms with Crippen LogP contribution in [0.2, 0.25) is 0 Å². The number of benzene rings is 2. The number of hydrogen-bond acceptors (Lipinski definition) is 6. The second-order valence-electron chi connectivity index (χ2n) is 10.1. The topological polar surface area (TPSA) is 216 Å². The van der Waals surface area contributed by atoms with E-state index in [1.54, 1.807) is 13.8 Å². The van der Waals surface area contributed by atoms with Crippen molar-refractivity contribution in [3.63, 3.8) is 0 Å². The van der Waals surface area contributed by atoms with Crippen molar-refractivity contribution in [3.8, 4) is 11.4 Å². The Kier molecular flexibility index (Phi) is 6.68. The lowest BCUT2D eigenvalue weighted by molar-refractivity contribution is 0.0686. The Morgan fingerprint density at radius 1 is 0.622 bits per heavy atom. The van der Waals surface area contributed by atoms with Crippen molar-refractivity contribution in [2.24, 2.45) is 0 Å². The second kappa shape index (κ2) is 10.6. The molecule has 0 aliphatic carbocycles. The molecule has 0 saturated carbocycles. The third-order valence-corrected chi connectivity index (χ3v) is 7.59. The number of carboxylic acids is 2. The number of carbonyl (C=O) groups is 2. The van der Waals surface area contributed by atoms with E-state index >= 15 is 0 Å². The number of aromatic amines is 4. The van der Waals surface area contributed by atoms with Crippen LogP contribution >= 0.6 is 0 Å². The lowest BCUT2D eigenvalue weighted by atomic mass is 10.1. The van der Waals surface area contributed by atoms with Gasteiger partial charge in [0.15, 0.2) is 0 Å². The van der Waals surface area contributed by atoms with Gasteiger partial charge >= 0.3 is 11.9 Å². The fourth-order valence-corrected chi connectivity index (χ4v) is 5.31. The van der Waals surface area contributed by atoms with Gasteiger partial charge in [0.25, 0.3) is 22.2 Å². The minimum absolute atomic E-state index is 0.0119. The quantitative estimate of drug-likeness (QED) is 0.155. The first-order valence-corrected chi connectivity index (χ1v) is 13.3. The number of aryl methyl sites for hydroxylation is 2. The number of aromatic carboxylic acids is 2. The molecular formula is C31H22N6O8. The highest BCUT2D eigenvalue weighted by molar-refractivity contribution is 5.89. The van der Waals surface area contributed by atoms with Crippen LogP contribution in [-0.4, -0.2) is 51.7 Å². The molecule has 0 spiro atoms. The van der Waals surface area contributed by atoms with E-state index in [0.717, 1.165) is 0 Å². The summed E-state index contributed by atoms with van der Waals surface area (Å²) in [5.41, 5.74) is 2.59. The van der Waals surface area contributed by atoms with Gasteiger partial charge in [-0.05, 0) is 85.7 Å². The van der Waals surface area contributed by atoms with E-state index < -0.39 is 34.2 Å². The summed E-state index contributed by atoms with van der Waals surface area (Å²) in [5, 5.41) is 29.2. The van der Waals surface area contributed by atoms with Crippen molar-refractivity contribution in [2.45, 2.75) is 13.8 Å². The first-order chi connectivity index (χ1) is 21.5. The number of aromatic nitrogens is 6. The minimum Gasteiger partial charge on any atom is -0.478 e. The van der Waals surface area contributed by atoms with Crippen molar-refractivity contribution >= 4 is 46.2 Å². The molecule has 2 aromatic carbocycles. The van der Waals surface area contributed by atoms with Crippen LogP contribution in [0.1, 0.15) is 43.0 Å². The molecule has 4 heterocycles. The molecule has 4 aromatic heterocycles. The molecule has 0 saturated heterocycles. The smallest absolute Gasteiger partial charge is 0.335 e. The summed E-state index contributed by atoms with van der Waals surface area (Å²) in [6, 6.07) is 11.1. The lowest BCUT2D eigenvalue weighted by Gasteiger charge is -2.11. The molecule has 0 bridgehead atoms. The molecule has 0 unspecified atom stereocenters. The third kappa shape index (κ3) is 4.54. The molecule has 0 fully saturated rings. The molecule has 0 radical (unpaired) electrons. The fraction of sp³-hybridized carbons (Fsp3) is 0.0645. The first kappa shape index (κ1) is 28.5. The van der Waals surface area contributed by atoms with Crippen LogP contribution in [0.4, 0.5) is 0 Å². The minimum atomic E-state index is -1.14. The van der Waals surface area contributed by atoms with Gasteiger partial charge in [0.05, 0.1) is 44.4 Å². The summed E-state index contributed by atoms with van der Waals surface area (Å²) in [6.45, 7) is 3.17. The number of pyridine rings is 2. The molecule has 45 heavy (non-hydrogen) atoms. The van der Waals surface area contributed by atoms with E-state index in [-0.39, 0.29) is 44.3 Å². The van der Waals surface area contributed by atoms with Crippen LogP contribution in [0.3, 0.4) is 0 Å². The molecule has 0 amide bonds. The van der Waals surface area contributed by atoms with Crippen molar-refractivity contribution in [1.29, 1.82) is 0 Å². The monoisotopic (exact) mass is 606 g/mol. The maximum atomic E-state index is 13.8. The van der Waals surface area contributed by atoms with Crippen LogP contribution < -0.4 is 22.2 Å². The average molecular weight is 607 g/mol. The summed E-state index contributed by atoms with van der Waals surface area (Å²) in [6.07, 6.45) is 2.64. The Labute approximate surface area is 249 Å². The third-order valence-electron chi connectivity index (χ3n) is 7.59. The molecular weight excluding hydrogens is 584 g/mol. The highest BCUT2D eigenvalue weighted by Gasteiger charge is 2.20. The number of rotatable bonds is 6. The summed E-state index contributed by atoms with van der Waals surface area (Å²) >= 11 is 0. The Morgan fingerprint density at radius 3 is 1.31 bits per heavy atom. The summed E-state index contributed by atoms with van der Waals surface area (Å²) in [7, 11) is 0. The van der Waals surface area contributed by atoms with Gasteiger partial charge in [0.1, 0.15) is 11.3 Å². The van der Waals surface area contributed by atoms with Gasteiger partial charge in [-0.25, -0.2) is 9.59 Å². The molecule has 6 aromatic rings. The normalized spacial score (nSPS) is 11.1. The van der Waals surface area contributed by atoms with Crippen LogP contribution in [0.25, 0.3) is 45.6 Å². The van der Waals surface area contributed by atoms with Gasteiger partial charge in [0, 0.05) is 0 Å². The Hall–Kier alpha value is -6.66. The van der Waals surface area contributed by atoms with Gasteiger partial charge in [-0.2, -0.15) is 0 Å². The molecule has 0 aliphatic heterocycles. The molecule has 14 nitrogen and oxygen atoms in total. The van der Waals surface area contributed by atoms with Crippen molar-refractivity contribution in [1.82, 2.24) is 29.5 Å². The zero-order valence-electron chi connectivity index (χ0n) is 23.5. The highest BCUT2D eigenvalue weighted by atomic mass is 16.4. The first-order valence-electron chi connectivity index (χ1n) is 13.3. The van der Waals surface area contributed by atoms with Gasteiger partial charge in [0.2, 0.25) is 0 Å². The average Bonchev–Trinajstić information content (AvgIpc) is 3.59. The zero-order valence-corrected chi connectivity index (χ0v) is 23.5. The van der Waals surface area contributed by atoms with E-state index in [0.29, 0.717) is 22.5 Å². The SMILES string of the molecule is Cc1c(C=C=Cc2c(C)c3c(=O)[nH][nH]c3n(-c3ccc(C(=O)O)cc3)c2=O)c(=O)n(-c2ccc(C(=O)O)cc2)c2[nH][nH]c(=O)c12. The van der Waals surface area contributed by atoms with E-state index in [1.807, 2.05) is 0 Å². The van der Waals surface area contributed by atoms with Crippen molar-refractivity contribution in [3.05, 3.63) is 129 Å². The maximum Gasteiger partial charge on any atom is 0.335 e. The Bertz CT molecular complexity index is 2340. The van der Waals surface area contributed by atoms with E-state index in [2.05, 4.69) is 26.1 Å². The summed E-state index contributed by atoms with van der Waals surface area (Å²) < 4.78 is 2.45. The number of hydrogen-bond donors (Lipinski definition) is 6. The summed E-state index contributed by atoms with van der Waals surface area (Å²) in [4.78, 5) is 75.6. The van der Waals surface area contributed by atoms with Gasteiger partial charge in [-0.3, -0.25) is 48.7 Å². The summed E-state index contributed by atoms with van der Waals surface area (Å²) in [5.74, 6) is -2.28. The van der Waals surface area contributed by atoms with Crippen LogP contribution in [-0.2, 0) is 0 Å². The predicted molar refractivity (Wildman–Crippen MR) is 165 cm³/mol. The zero-order chi connectivity index (χ0) is 32.2. The van der Waals surface area contributed by atoms with E-state index in [4.69, 9.17) is 0 Å². The molecule has 0 atom stereocenters. The number of fused-ring (bicyclic) bond motifs is 2. The van der Waals surface area contributed by atoms with Crippen molar-refractivity contribution in [2.75, 3.05) is 0 Å². The van der Waals surface area contributed by atoms with Crippen LogP contribution in [0.5, 0.6) is 0 Å². The number of nitrogens with zero attached hydrogens (tertiary/aromatic N) is 2. The predicted octanol–water partition coefficient (Wildman–Crippen LogP) is 2.67. The lowest BCUT2D eigenvalue weighted by Crippen LogP contribution is -2.23.